The quantitative estimate of drug-likeness (QED) is 0.0261. The number of carbonyl (C=O) groups excluding carboxylic acids is 1. The largest absolute Gasteiger partial charge is 0.394 e. The highest BCUT2D eigenvalue weighted by atomic mass is 16.7. The summed E-state index contributed by atoms with van der Waals surface area (Å²) < 4.78 is 11.3. The van der Waals surface area contributed by atoms with Crippen LogP contribution in [0.5, 0.6) is 0 Å². The summed E-state index contributed by atoms with van der Waals surface area (Å²) in [5.41, 5.74) is 0. The summed E-state index contributed by atoms with van der Waals surface area (Å²) in [7, 11) is 0. The van der Waals surface area contributed by atoms with Crippen LogP contribution in [0.1, 0.15) is 373 Å². The normalized spacial score (nSPS) is 18.4. The third-order valence-corrected chi connectivity index (χ3v) is 17.7. The highest BCUT2D eigenvalue weighted by Gasteiger charge is 2.44. The highest BCUT2D eigenvalue weighted by molar-refractivity contribution is 5.76. The molecule has 9 nitrogen and oxygen atoms in total. The Morgan fingerprint density at radius 2 is 0.687 bits per heavy atom. The molecule has 6 N–H and O–H groups in total. The monoisotopic (exact) mass is 1170 g/mol. The molecule has 0 bridgehead atoms. The molecular formula is C74H141NO8. The second-order valence-corrected chi connectivity index (χ2v) is 25.7. The summed E-state index contributed by atoms with van der Waals surface area (Å²) in [5.74, 6) is -0.183. The number of rotatable bonds is 65. The first-order chi connectivity index (χ1) is 40.8. The molecule has 1 rings (SSSR count). The molecule has 0 saturated carbocycles. The molecule has 0 radical (unpaired) electrons. The first kappa shape index (κ1) is 79.4. The summed E-state index contributed by atoms with van der Waals surface area (Å²) >= 11 is 0. The number of hydrogen-bond donors (Lipinski definition) is 6. The highest BCUT2D eigenvalue weighted by Crippen LogP contribution is 2.24. The minimum atomic E-state index is -1.57. The Morgan fingerprint density at radius 3 is 1.01 bits per heavy atom. The van der Waals surface area contributed by atoms with Gasteiger partial charge in [-0.15, -0.1) is 0 Å². The average Bonchev–Trinajstić information content (AvgIpc) is 3.49. The van der Waals surface area contributed by atoms with Gasteiger partial charge in [-0.1, -0.05) is 359 Å². The topological polar surface area (TPSA) is 149 Å². The molecule has 0 aliphatic carbocycles. The number of carbonyl (C=O) groups is 1. The maximum atomic E-state index is 13.1. The maximum absolute atomic E-state index is 13.1. The van der Waals surface area contributed by atoms with Gasteiger partial charge in [0, 0.05) is 6.42 Å². The van der Waals surface area contributed by atoms with Crippen LogP contribution in [0.25, 0.3) is 0 Å². The van der Waals surface area contributed by atoms with Gasteiger partial charge in [-0.3, -0.25) is 4.79 Å². The van der Waals surface area contributed by atoms with Crippen LogP contribution < -0.4 is 5.32 Å². The number of allylic oxidation sites excluding steroid dienone is 5. The minimum Gasteiger partial charge on any atom is -0.394 e. The number of hydrogen-bond acceptors (Lipinski definition) is 8. The number of amides is 1. The van der Waals surface area contributed by atoms with Crippen LogP contribution in [-0.2, 0) is 14.3 Å². The van der Waals surface area contributed by atoms with Gasteiger partial charge < -0.3 is 40.3 Å². The van der Waals surface area contributed by atoms with Crippen molar-refractivity contribution in [3.8, 4) is 0 Å². The van der Waals surface area contributed by atoms with E-state index in [0.29, 0.717) is 6.42 Å². The van der Waals surface area contributed by atoms with Crippen molar-refractivity contribution in [1.29, 1.82) is 0 Å². The lowest BCUT2D eigenvalue weighted by atomic mass is 9.99. The molecule has 83 heavy (non-hydrogen) atoms. The first-order valence-electron chi connectivity index (χ1n) is 36.7. The van der Waals surface area contributed by atoms with E-state index in [9.17, 15) is 30.3 Å². The van der Waals surface area contributed by atoms with Gasteiger partial charge in [0.25, 0.3) is 0 Å². The molecule has 1 heterocycles. The van der Waals surface area contributed by atoms with Crippen molar-refractivity contribution < 1.29 is 39.8 Å². The van der Waals surface area contributed by atoms with Crippen molar-refractivity contribution in [1.82, 2.24) is 5.32 Å². The van der Waals surface area contributed by atoms with E-state index < -0.39 is 49.5 Å². The third-order valence-electron chi connectivity index (χ3n) is 17.7. The van der Waals surface area contributed by atoms with E-state index >= 15 is 0 Å². The second-order valence-electron chi connectivity index (χ2n) is 25.7. The molecule has 7 unspecified atom stereocenters. The second kappa shape index (κ2) is 63.4. The number of nitrogens with one attached hydrogen (secondary N) is 1. The minimum absolute atomic E-state index is 0.183. The summed E-state index contributed by atoms with van der Waals surface area (Å²) in [5, 5.41) is 54.8. The van der Waals surface area contributed by atoms with Crippen molar-refractivity contribution in [3.63, 3.8) is 0 Å². The zero-order valence-corrected chi connectivity index (χ0v) is 55.0. The van der Waals surface area contributed by atoms with Crippen LogP contribution >= 0.6 is 0 Å². The van der Waals surface area contributed by atoms with E-state index in [1.807, 2.05) is 6.08 Å². The van der Waals surface area contributed by atoms with Crippen LogP contribution in [0.3, 0.4) is 0 Å². The predicted octanol–water partition coefficient (Wildman–Crippen LogP) is 20.2. The summed E-state index contributed by atoms with van der Waals surface area (Å²) in [6.45, 7) is 3.82. The van der Waals surface area contributed by atoms with Gasteiger partial charge in [0.1, 0.15) is 24.4 Å². The summed E-state index contributed by atoms with van der Waals surface area (Å²) in [6.07, 6.45) is 78.5. The number of aliphatic hydroxyl groups is 5. The van der Waals surface area contributed by atoms with Crippen molar-refractivity contribution in [2.45, 2.75) is 416 Å². The van der Waals surface area contributed by atoms with E-state index in [1.54, 1.807) is 6.08 Å². The van der Waals surface area contributed by atoms with Gasteiger partial charge in [-0.05, 0) is 44.9 Å². The molecular weight excluding hydrogens is 1030 g/mol. The van der Waals surface area contributed by atoms with Crippen LogP contribution in [0.15, 0.2) is 36.5 Å². The average molecular weight is 1170 g/mol. The lowest BCUT2D eigenvalue weighted by Gasteiger charge is -2.40. The number of aliphatic hydroxyl groups excluding tert-OH is 5. The molecule has 0 aromatic heterocycles. The molecule has 1 amide bonds. The van der Waals surface area contributed by atoms with Crippen molar-refractivity contribution in [2.75, 3.05) is 13.2 Å². The molecule has 0 aromatic carbocycles. The van der Waals surface area contributed by atoms with Gasteiger partial charge in [-0.2, -0.15) is 0 Å². The molecule has 1 aliphatic rings. The lowest BCUT2D eigenvalue weighted by Crippen LogP contribution is -2.60. The molecule has 9 heteroatoms. The Balaban J connectivity index is 2.11. The molecule has 7 atom stereocenters. The third kappa shape index (κ3) is 52.1. The van der Waals surface area contributed by atoms with Crippen molar-refractivity contribution >= 4 is 5.91 Å². The Morgan fingerprint density at radius 1 is 0.398 bits per heavy atom. The van der Waals surface area contributed by atoms with Crippen molar-refractivity contribution in [2.24, 2.45) is 0 Å². The Labute approximate surface area is 514 Å². The van der Waals surface area contributed by atoms with Gasteiger partial charge in [0.15, 0.2) is 6.29 Å². The molecule has 1 saturated heterocycles. The zero-order valence-electron chi connectivity index (χ0n) is 55.0. The van der Waals surface area contributed by atoms with E-state index in [4.69, 9.17) is 9.47 Å². The SMILES string of the molecule is CCCCCCCCCCCCCCCCCC/C=C/CC/C=C/CC/C=C/C(O)C(COC1OC(CO)C(O)C(O)C1O)NC(=O)CCCCCCCCCCCCCCCCCCCCCCCCCCCCCCCCCCCC. The summed E-state index contributed by atoms with van der Waals surface area (Å²) in [4.78, 5) is 13.1. The van der Waals surface area contributed by atoms with Crippen LogP contribution in [0.4, 0.5) is 0 Å². The fourth-order valence-corrected chi connectivity index (χ4v) is 12.0. The molecule has 0 spiro atoms. The van der Waals surface area contributed by atoms with Gasteiger partial charge in [-0.25, -0.2) is 0 Å². The Kier molecular flexibility index (Phi) is 60.7. The van der Waals surface area contributed by atoms with Crippen LogP contribution in [0, 0.1) is 0 Å². The fraction of sp³-hybridized carbons (Fsp3) is 0.905. The number of ether oxygens (including phenoxy) is 2. The smallest absolute Gasteiger partial charge is 0.220 e. The lowest BCUT2D eigenvalue weighted by molar-refractivity contribution is -0.302. The maximum Gasteiger partial charge on any atom is 0.220 e. The standard InChI is InChI=1S/C74H141NO8/c1-3-5-7-9-11-13-15-17-19-21-23-25-27-29-31-32-33-34-35-36-37-38-40-42-44-46-48-50-52-54-56-58-60-62-64-70(78)75-67(66-82-74-73(81)72(80)71(79)69(65-76)83-74)68(77)63-61-59-57-55-53-51-49-47-45-43-41-39-30-28-26-24-22-20-18-16-14-12-10-8-6-4-2/h45,47,53,55,61,63,67-69,71-74,76-77,79-81H,3-44,46,48-52,54,56-60,62,64-66H2,1-2H3,(H,75,78)/b47-45+,55-53+,63-61+. The zero-order chi connectivity index (χ0) is 60.0. The molecule has 0 aromatic rings. The molecule has 490 valence electrons. The summed E-state index contributed by atoms with van der Waals surface area (Å²) in [6, 6.07) is -0.828. The first-order valence-corrected chi connectivity index (χ1v) is 36.7. The van der Waals surface area contributed by atoms with Gasteiger partial charge >= 0.3 is 0 Å². The van der Waals surface area contributed by atoms with E-state index in [0.717, 1.165) is 44.9 Å². The van der Waals surface area contributed by atoms with Gasteiger partial charge in [0.2, 0.25) is 5.91 Å². The van der Waals surface area contributed by atoms with Crippen LogP contribution in [-0.4, -0.2) is 87.5 Å². The Bertz CT molecular complexity index is 1410. The van der Waals surface area contributed by atoms with Crippen LogP contribution in [0.2, 0.25) is 0 Å². The Hall–Kier alpha value is -1.59. The van der Waals surface area contributed by atoms with E-state index in [1.165, 1.54) is 308 Å². The van der Waals surface area contributed by atoms with E-state index in [2.05, 4.69) is 43.5 Å². The van der Waals surface area contributed by atoms with Crippen molar-refractivity contribution in [3.05, 3.63) is 36.5 Å². The van der Waals surface area contributed by atoms with Gasteiger partial charge in [0.05, 0.1) is 25.4 Å². The fourth-order valence-electron chi connectivity index (χ4n) is 12.0. The number of unbranched alkanes of at least 4 members (excludes halogenated alkanes) is 51. The molecule has 1 aliphatic heterocycles. The predicted molar refractivity (Wildman–Crippen MR) is 355 cm³/mol. The molecule has 1 fully saturated rings. The van der Waals surface area contributed by atoms with E-state index in [-0.39, 0.29) is 12.5 Å².